The van der Waals surface area contributed by atoms with Crippen molar-refractivity contribution in [1.29, 1.82) is 0 Å². The fourth-order valence-electron chi connectivity index (χ4n) is 2.94. The fraction of sp³-hybridized carbons (Fsp3) is 0.217. The quantitative estimate of drug-likeness (QED) is 0.580. The summed E-state index contributed by atoms with van der Waals surface area (Å²) in [6.45, 7) is 1.18. The third kappa shape index (κ3) is 6.04. The molecule has 0 spiro atoms. The second kappa shape index (κ2) is 10.2. The Morgan fingerprint density at radius 1 is 1.00 bits per heavy atom. The van der Waals surface area contributed by atoms with Gasteiger partial charge in [0.2, 0.25) is 0 Å². The highest BCUT2D eigenvalue weighted by atomic mass is 19.1. The van der Waals surface area contributed by atoms with Crippen molar-refractivity contribution >= 4 is 11.7 Å². The highest BCUT2D eigenvalue weighted by Gasteiger charge is 2.07. The third-order valence-corrected chi connectivity index (χ3v) is 4.53. The number of anilines is 1. The number of ether oxygens (including phenoxy) is 1. The van der Waals surface area contributed by atoms with Crippen molar-refractivity contribution in [3.63, 3.8) is 0 Å². The summed E-state index contributed by atoms with van der Waals surface area (Å²) in [5, 5.41) is 6.10. The number of nitrogens with zero attached hydrogens (tertiary/aromatic N) is 1. The predicted molar refractivity (Wildman–Crippen MR) is 112 cm³/mol. The minimum Gasteiger partial charge on any atom is -0.496 e. The molecule has 0 aliphatic heterocycles. The van der Waals surface area contributed by atoms with Gasteiger partial charge in [0.1, 0.15) is 17.4 Å². The summed E-state index contributed by atoms with van der Waals surface area (Å²) < 4.78 is 18.2. The molecule has 0 unspecified atom stereocenters. The Balaban J connectivity index is 1.44. The first kappa shape index (κ1) is 20.3. The lowest BCUT2D eigenvalue weighted by Gasteiger charge is -2.10. The molecule has 1 heterocycles. The first-order chi connectivity index (χ1) is 14.2. The zero-order valence-electron chi connectivity index (χ0n) is 16.3. The number of rotatable bonds is 9. The Bertz CT molecular complexity index is 928. The van der Waals surface area contributed by atoms with Gasteiger partial charge < -0.3 is 15.4 Å². The minimum atomic E-state index is -0.236. The lowest BCUT2D eigenvalue weighted by atomic mass is 10.1. The molecule has 0 fully saturated rings. The van der Waals surface area contributed by atoms with E-state index in [1.165, 1.54) is 12.1 Å². The number of amides is 1. The second-order valence-corrected chi connectivity index (χ2v) is 6.55. The van der Waals surface area contributed by atoms with E-state index < -0.39 is 0 Å². The molecule has 6 heteroatoms. The summed E-state index contributed by atoms with van der Waals surface area (Å²) in [7, 11) is 1.64. The molecule has 3 rings (SSSR count). The number of halogens is 1. The number of methoxy groups -OCH3 is 1. The van der Waals surface area contributed by atoms with E-state index in [1.807, 2.05) is 24.3 Å². The summed E-state index contributed by atoms with van der Waals surface area (Å²) in [6, 6.07) is 17.7. The van der Waals surface area contributed by atoms with Crippen LogP contribution in [-0.2, 0) is 12.8 Å². The van der Waals surface area contributed by atoms with Gasteiger partial charge in [0.15, 0.2) is 0 Å². The molecule has 1 aromatic heterocycles. The van der Waals surface area contributed by atoms with Crippen LogP contribution in [0.25, 0.3) is 0 Å². The van der Waals surface area contributed by atoms with E-state index in [4.69, 9.17) is 4.74 Å². The molecule has 0 aliphatic carbocycles. The van der Waals surface area contributed by atoms with Crippen LogP contribution in [0, 0.1) is 5.82 Å². The smallest absolute Gasteiger partial charge is 0.252 e. The van der Waals surface area contributed by atoms with E-state index in [0.29, 0.717) is 30.9 Å². The van der Waals surface area contributed by atoms with Gasteiger partial charge in [-0.05, 0) is 54.3 Å². The highest BCUT2D eigenvalue weighted by molar-refractivity contribution is 5.94. The van der Waals surface area contributed by atoms with E-state index in [2.05, 4.69) is 15.6 Å². The fourth-order valence-corrected chi connectivity index (χ4v) is 2.94. The molecule has 0 radical (unpaired) electrons. The maximum absolute atomic E-state index is 12.9. The van der Waals surface area contributed by atoms with E-state index >= 15 is 0 Å². The van der Waals surface area contributed by atoms with Crippen molar-refractivity contribution in [3.8, 4) is 5.75 Å². The van der Waals surface area contributed by atoms with Crippen molar-refractivity contribution in [1.82, 2.24) is 10.3 Å². The number of nitrogens with one attached hydrogen (secondary N) is 2. The monoisotopic (exact) mass is 393 g/mol. The van der Waals surface area contributed by atoms with Gasteiger partial charge >= 0.3 is 0 Å². The van der Waals surface area contributed by atoms with Gasteiger partial charge in [-0.25, -0.2) is 9.37 Å². The maximum Gasteiger partial charge on any atom is 0.252 e. The molecule has 5 nitrogen and oxygen atoms in total. The number of carbonyl (C=O) groups excluding carboxylic acids is 1. The van der Waals surface area contributed by atoms with E-state index in [1.54, 1.807) is 37.6 Å². The van der Waals surface area contributed by atoms with Crippen molar-refractivity contribution < 1.29 is 13.9 Å². The van der Waals surface area contributed by atoms with E-state index in [-0.39, 0.29) is 11.7 Å². The topological polar surface area (TPSA) is 63.2 Å². The van der Waals surface area contributed by atoms with Crippen LogP contribution in [-0.4, -0.2) is 31.1 Å². The predicted octanol–water partition coefficient (Wildman–Crippen LogP) is 3.86. The molecule has 0 saturated carbocycles. The van der Waals surface area contributed by atoms with Crippen LogP contribution < -0.4 is 15.4 Å². The van der Waals surface area contributed by atoms with Crippen LogP contribution >= 0.6 is 0 Å². The van der Waals surface area contributed by atoms with Gasteiger partial charge in [0.05, 0.1) is 12.7 Å². The molecule has 2 aromatic carbocycles. The van der Waals surface area contributed by atoms with E-state index in [0.717, 1.165) is 23.3 Å². The molecule has 2 N–H and O–H groups in total. The van der Waals surface area contributed by atoms with Crippen LogP contribution in [0.5, 0.6) is 5.75 Å². The van der Waals surface area contributed by atoms with Crippen molar-refractivity contribution in [3.05, 3.63) is 89.4 Å². The molecule has 1 amide bonds. The molecule has 150 valence electrons. The highest BCUT2D eigenvalue weighted by Crippen LogP contribution is 2.17. The SMILES string of the molecule is COc1ccccc1CCNC(=O)c1ccc(NCCc2ccc(F)cc2)nc1. The van der Waals surface area contributed by atoms with Gasteiger partial charge in [-0.2, -0.15) is 0 Å². The van der Waals surface area contributed by atoms with Gasteiger partial charge in [-0.15, -0.1) is 0 Å². The van der Waals surface area contributed by atoms with Gasteiger partial charge in [-0.1, -0.05) is 30.3 Å². The lowest BCUT2D eigenvalue weighted by Crippen LogP contribution is -2.26. The summed E-state index contributed by atoms with van der Waals surface area (Å²) >= 11 is 0. The van der Waals surface area contributed by atoms with Crippen molar-refractivity contribution in [2.24, 2.45) is 0 Å². The van der Waals surface area contributed by atoms with Gasteiger partial charge in [0.25, 0.3) is 5.91 Å². The minimum absolute atomic E-state index is 0.162. The van der Waals surface area contributed by atoms with Crippen molar-refractivity contribution in [2.45, 2.75) is 12.8 Å². The number of aromatic nitrogens is 1. The second-order valence-electron chi connectivity index (χ2n) is 6.55. The van der Waals surface area contributed by atoms with Crippen LogP contribution in [0.3, 0.4) is 0 Å². The molecular weight excluding hydrogens is 369 g/mol. The largest absolute Gasteiger partial charge is 0.496 e. The Labute approximate surface area is 169 Å². The molecule has 0 bridgehead atoms. The molecule has 0 saturated heterocycles. The first-order valence-electron chi connectivity index (χ1n) is 9.50. The molecule has 0 atom stereocenters. The molecule has 29 heavy (non-hydrogen) atoms. The van der Waals surface area contributed by atoms with Crippen molar-refractivity contribution in [2.75, 3.05) is 25.5 Å². The summed E-state index contributed by atoms with van der Waals surface area (Å²) in [6.07, 6.45) is 3.00. The summed E-state index contributed by atoms with van der Waals surface area (Å²) in [4.78, 5) is 16.6. The average molecular weight is 393 g/mol. The van der Waals surface area contributed by atoms with Gasteiger partial charge in [0, 0.05) is 19.3 Å². The van der Waals surface area contributed by atoms with Crippen LogP contribution in [0.4, 0.5) is 10.2 Å². The normalized spacial score (nSPS) is 10.4. The number of hydrogen-bond donors (Lipinski definition) is 2. The van der Waals surface area contributed by atoms with E-state index in [9.17, 15) is 9.18 Å². The number of para-hydroxylation sites is 1. The average Bonchev–Trinajstić information content (AvgIpc) is 2.76. The standard InChI is InChI=1S/C23H24FN3O2/c1-29-21-5-3-2-4-18(21)13-15-26-23(28)19-8-11-22(27-16-19)25-14-12-17-6-9-20(24)10-7-17/h2-11,16H,12-15H2,1H3,(H,25,27)(H,26,28). The number of pyridine rings is 1. The zero-order chi connectivity index (χ0) is 20.5. The first-order valence-corrected chi connectivity index (χ1v) is 9.50. The Hall–Kier alpha value is -3.41. The zero-order valence-corrected chi connectivity index (χ0v) is 16.3. The Morgan fingerprint density at radius 3 is 2.52 bits per heavy atom. The van der Waals surface area contributed by atoms with Gasteiger partial charge in [-0.3, -0.25) is 4.79 Å². The number of hydrogen-bond acceptors (Lipinski definition) is 4. The van der Waals surface area contributed by atoms with Crippen LogP contribution in [0.2, 0.25) is 0 Å². The maximum atomic E-state index is 12.9. The number of benzene rings is 2. The number of carbonyl (C=O) groups is 1. The van der Waals surface area contributed by atoms with Crippen LogP contribution in [0.15, 0.2) is 66.9 Å². The third-order valence-electron chi connectivity index (χ3n) is 4.53. The Kier molecular flexibility index (Phi) is 7.16. The molecule has 0 aliphatic rings. The summed E-state index contributed by atoms with van der Waals surface area (Å²) in [5.74, 6) is 1.11. The lowest BCUT2D eigenvalue weighted by molar-refractivity contribution is 0.0953. The Morgan fingerprint density at radius 2 is 1.79 bits per heavy atom. The molecule has 3 aromatic rings. The summed E-state index contributed by atoms with van der Waals surface area (Å²) in [5.41, 5.74) is 2.60. The van der Waals surface area contributed by atoms with Crippen LogP contribution in [0.1, 0.15) is 21.5 Å². The molecular formula is C23H24FN3O2.